The zero-order valence-corrected chi connectivity index (χ0v) is 14.1. The Bertz CT molecular complexity index is 526. The maximum absolute atomic E-state index is 11.8. The molecule has 1 aromatic rings. The molecule has 2 N–H and O–H groups in total. The van der Waals surface area contributed by atoms with Gasteiger partial charge in [0.1, 0.15) is 0 Å². The predicted octanol–water partition coefficient (Wildman–Crippen LogP) is 2.50. The Morgan fingerprint density at radius 1 is 1.22 bits per heavy atom. The van der Waals surface area contributed by atoms with Crippen molar-refractivity contribution in [3.05, 3.63) is 29.8 Å². The minimum Gasteiger partial charge on any atom is -0.382 e. The first-order chi connectivity index (χ1) is 11.3. The van der Waals surface area contributed by atoms with Crippen molar-refractivity contribution < 1.29 is 4.79 Å². The number of likely N-dealkylation sites (tertiary alicyclic amines) is 1. The molecule has 5 heteroatoms. The summed E-state index contributed by atoms with van der Waals surface area (Å²) in [6, 6.07) is 8.98. The number of hydrogen-bond donors (Lipinski definition) is 2. The van der Waals surface area contributed by atoms with Crippen molar-refractivity contribution in [2.24, 2.45) is 0 Å². The molecule has 1 aromatic carbocycles. The van der Waals surface area contributed by atoms with Gasteiger partial charge in [-0.1, -0.05) is 25.1 Å². The summed E-state index contributed by atoms with van der Waals surface area (Å²) in [5.74, 6) is 0. The van der Waals surface area contributed by atoms with E-state index in [0.29, 0.717) is 12.6 Å². The van der Waals surface area contributed by atoms with Crippen LogP contribution in [0.3, 0.4) is 0 Å². The van der Waals surface area contributed by atoms with E-state index in [4.69, 9.17) is 0 Å². The summed E-state index contributed by atoms with van der Waals surface area (Å²) in [4.78, 5) is 16.2. The number of benzene rings is 1. The van der Waals surface area contributed by atoms with E-state index < -0.39 is 0 Å². The number of carbonyl (C=O) groups is 1. The van der Waals surface area contributed by atoms with Gasteiger partial charge in [0.2, 0.25) is 0 Å². The summed E-state index contributed by atoms with van der Waals surface area (Å²) >= 11 is 0. The molecule has 126 valence electrons. The number of anilines is 1. The number of amides is 2. The second-order valence-corrected chi connectivity index (χ2v) is 6.57. The van der Waals surface area contributed by atoms with Crippen molar-refractivity contribution in [2.45, 2.75) is 38.8 Å². The molecule has 5 nitrogen and oxygen atoms in total. The van der Waals surface area contributed by atoms with Crippen molar-refractivity contribution in [1.29, 1.82) is 0 Å². The summed E-state index contributed by atoms with van der Waals surface area (Å²) in [5.41, 5.74) is 2.39. The van der Waals surface area contributed by atoms with Gasteiger partial charge in [0.05, 0.1) is 0 Å². The van der Waals surface area contributed by atoms with Crippen LogP contribution in [0.2, 0.25) is 0 Å². The van der Waals surface area contributed by atoms with Crippen LogP contribution >= 0.6 is 0 Å². The van der Waals surface area contributed by atoms with E-state index in [1.807, 2.05) is 4.90 Å². The summed E-state index contributed by atoms with van der Waals surface area (Å²) in [6.07, 6.45) is 3.62. The minimum absolute atomic E-state index is 0.0488. The molecule has 2 fully saturated rings. The van der Waals surface area contributed by atoms with Crippen LogP contribution in [-0.2, 0) is 6.54 Å². The number of carbonyl (C=O) groups excluding carboxylic acids is 1. The number of urea groups is 1. The lowest BCUT2D eigenvalue weighted by Gasteiger charge is -2.33. The number of nitrogens with zero attached hydrogens (tertiary/aromatic N) is 2. The third-order valence-corrected chi connectivity index (χ3v) is 4.81. The Morgan fingerprint density at radius 3 is 2.70 bits per heavy atom. The van der Waals surface area contributed by atoms with Gasteiger partial charge in [-0.3, -0.25) is 0 Å². The molecule has 0 unspecified atom stereocenters. The van der Waals surface area contributed by atoms with Crippen molar-refractivity contribution in [3.63, 3.8) is 0 Å². The van der Waals surface area contributed by atoms with E-state index in [1.165, 1.54) is 50.1 Å². The average Bonchev–Trinajstić information content (AvgIpc) is 2.96. The van der Waals surface area contributed by atoms with Crippen molar-refractivity contribution in [2.75, 3.05) is 38.0 Å². The molecule has 0 bridgehead atoms. The molecule has 3 rings (SSSR count). The van der Waals surface area contributed by atoms with Gasteiger partial charge in [-0.05, 0) is 37.4 Å². The highest BCUT2D eigenvalue weighted by Crippen LogP contribution is 2.22. The quantitative estimate of drug-likeness (QED) is 0.848. The van der Waals surface area contributed by atoms with E-state index in [1.54, 1.807) is 0 Å². The molecule has 0 saturated carbocycles. The fraction of sp³-hybridized carbons (Fsp3) is 0.611. The fourth-order valence-electron chi connectivity index (χ4n) is 3.50. The van der Waals surface area contributed by atoms with Gasteiger partial charge in [-0.25, -0.2) is 4.79 Å². The highest BCUT2D eigenvalue weighted by molar-refractivity contribution is 5.76. The van der Waals surface area contributed by atoms with E-state index >= 15 is 0 Å². The van der Waals surface area contributed by atoms with Crippen LogP contribution in [0.5, 0.6) is 0 Å². The highest BCUT2D eigenvalue weighted by Gasteiger charge is 2.22. The molecular formula is C18H28N4O. The lowest BCUT2D eigenvalue weighted by Crippen LogP contribution is -2.39. The highest BCUT2D eigenvalue weighted by atomic mass is 16.2. The number of para-hydroxylation sites is 1. The molecule has 0 spiro atoms. The first-order valence-corrected chi connectivity index (χ1v) is 8.86. The summed E-state index contributed by atoms with van der Waals surface area (Å²) < 4.78 is 0. The lowest BCUT2D eigenvalue weighted by atomic mass is 10.0. The Morgan fingerprint density at radius 2 is 2.00 bits per heavy atom. The summed E-state index contributed by atoms with van der Waals surface area (Å²) in [6.45, 7) is 8.06. The van der Waals surface area contributed by atoms with Gasteiger partial charge in [-0.15, -0.1) is 0 Å². The first-order valence-electron chi connectivity index (χ1n) is 8.86. The third-order valence-electron chi connectivity index (χ3n) is 4.81. The predicted molar refractivity (Wildman–Crippen MR) is 93.6 cm³/mol. The molecule has 2 amide bonds. The van der Waals surface area contributed by atoms with Crippen molar-refractivity contribution >= 4 is 11.7 Å². The van der Waals surface area contributed by atoms with Gasteiger partial charge < -0.3 is 20.4 Å². The Hall–Kier alpha value is -1.75. The summed E-state index contributed by atoms with van der Waals surface area (Å²) in [7, 11) is 0. The van der Waals surface area contributed by atoms with Crippen LogP contribution in [-0.4, -0.2) is 54.6 Å². The van der Waals surface area contributed by atoms with Crippen LogP contribution in [0, 0.1) is 0 Å². The Kier molecular flexibility index (Phi) is 5.39. The summed E-state index contributed by atoms with van der Waals surface area (Å²) in [5, 5.41) is 6.58. The minimum atomic E-state index is 0.0488. The number of rotatable bonds is 6. The monoisotopic (exact) mass is 316 g/mol. The van der Waals surface area contributed by atoms with E-state index in [9.17, 15) is 4.79 Å². The fourth-order valence-corrected chi connectivity index (χ4v) is 3.50. The lowest BCUT2D eigenvalue weighted by molar-refractivity contribution is 0.215. The van der Waals surface area contributed by atoms with Gasteiger partial charge in [-0.2, -0.15) is 0 Å². The molecule has 0 aromatic heterocycles. The van der Waals surface area contributed by atoms with Crippen LogP contribution in [0.15, 0.2) is 24.3 Å². The maximum atomic E-state index is 11.8. The first kappa shape index (κ1) is 16.1. The van der Waals surface area contributed by atoms with Crippen LogP contribution in [0.25, 0.3) is 0 Å². The van der Waals surface area contributed by atoms with Gasteiger partial charge in [0.15, 0.2) is 0 Å². The molecule has 2 aliphatic rings. The molecule has 0 atom stereocenters. The van der Waals surface area contributed by atoms with E-state index in [2.05, 4.69) is 46.7 Å². The SMILES string of the molecule is CCCN1CCC(Nc2ccccc2CN2CCNC2=O)CC1. The normalized spacial score (nSPS) is 19.9. The van der Waals surface area contributed by atoms with Crippen molar-refractivity contribution in [1.82, 2.24) is 15.1 Å². The topological polar surface area (TPSA) is 47.6 Å². The largest absolute Gasteiger partial charge is 0.382 e. The molecule has 2 aliphatic heterocycles. The molecular weight excluding hydrogens is 288 g/mol. The Labute approximate surface area is 139 Å². The average molecular weight is 316 g/mol. The molecule has 0 radical (unpaired) electrons. The molecule has 2 saturated heterocycles. The second kappa shape index (κ2) is 7.68. The third kappa shape index (κ3) is 4.16. The molecule has 2 heterocycles. The molecule has 0 aliphatic carbocycles. The molecule has 23 heavy (non-hydrogen) atoms. The van der Waals surface area contributed by atoms with Crippen LogP contribution in [0.4, 0.5) is 10.5 Å². The Balaban J connectivity index is 1.59. The van der Waals surface area contributed by atoms with Gasteiger partial charge in [0.25, 0.3) is 0 Å². The maximum Gasteiger partial charge on any atom is 0.317 e. The van der Waals surface area contributed by atoms with Crippen LogP contribution in [0.1, 0.15) is 31.7 Å². The van der Waals surface area contributed by atoms with E-state index in [0.717, 1.165) is 13.1 Å². The van der Waals surface area contributed by atoms with E-state index in [-0.39, 0.29) is 6.03 Å². The zero-order valence-electron chi connectivity index (χ0n) is 14.1. The number of nitrogens with one attached hydrogen (secondary N) is 2. The zero-order chi connectivity index (χ0) is 16.1. The smallest absolute Gasteiger partial charge is 0.317 e. The second-order valence-electron chi connectivity index (χ2n) is 6.57. The number of hydrogen-bond acceptors (Lipinski definition) is 3. The van der Waals surface area contributed by atoms with Crippen molar-refractivity contribution in [3.8, 4) is 0 Å². The standard InChI is InChI=1S/C18H28N4O/c1-2-10-21-11-7-16(8-12-21)20-17-6-4-3-5-15(17)14-22-13-9-19-18(22)23/h3-6,16,20H,2,7-14H2,1H3,(H,19,23). The van der Waals surface area contributed by atoms with Gasteiger partial charge >= 0.3 is 6.03 Å². The number of piperidine rings is 1. The van der Waals surface area contributed by atoms with Crippen LogP contribution < -0.4 is 10.6 Å². The van der Waals surface area contributed by atoms with Gasteiger partial charge in [0, 0.05) is 44.5 Å².